The summed E-state index contributed by atoms with van der Waals surface area (Å²) in [5.74, 6) is 1.34. The second-order valence-corrected chi connectivity index (χ2v) is 5.88. The van der Waals surface area contributed by atoms with Crippen molar-refractivity contribution < 1.29 is 10.2 Å². The lowest BCUT2D eigenvalue weighted by molar-refractivity contribution is 0.110. The fourth-order valence-corrected chi connectivity index (χ4v) is 3.15. The van der Waals surface area contributed by atoms with Gasteiger partial charge in [-0.05, 0) is 37.1 Å². The topological polar surface area (TPSA) is 56.6 Å². The first kappa shape index (κ1) is 14.3. The van der Waals surface area contributed by atoms with E-state index < -0.39 is 0 Å². The van der Waals surface area contributed by atoms with E-state index in [2.05, 4.69) is 22.0 Å². The molecule has 1 fully saturated rings. The van der Waals surface area contributed by atoms with E-state index in [1.54, 1.807) is 0 Å². The molecule has 1 aliphatic heterocycles. The van der Waals surface area contributed by atoms with E-state index in [-0.39, 0.29) is 12.7 Å². The van der Waals surface area contributed by atoms with Crippen molar-refractivity contribution in [3.63, 3.8) is 0 Å². The van der Waals surface area contributed by atoms with Gasteiger partial charge in [0.2, 0.25) is 0 Å². The summed E-state index contributed by atoms with van der Waals surface area (Å²) in [5, 5.41) is 21.4. The van der Waals surface area contributed by atoms with Gasteiger partial charge in [0, 0.05) is 18.5 Å². The van der Waals surface area contributed by atoms with Crippen molar-refractivity contribution in [3.05, 3.63) is 36.0 Å². The van der Waals surface area contributed by atoms with Crippen LogP contribution in [0, 0.1) is 5.92 Å². The summed E-state index contributed by atoms with van der Waals surface area (Å²) < 4.78 is 0. The van der Waals surface area contributed by atoms with Gasteiger partial charge < -0.3 is 15.1 Å². The molecule has 1 atom stereocenters. The number of rotatable bonds is 3. The molecule has 0 aliphatic carbocycles. The third kappa shape index (κ3) is 2.87. The summed E-state index contributed by atoms with van der Waals surface area (Å²) in [4.78, 5) is 6.90. The minimum Gasteiger partial charge on any atom is -0.393 e. The molecule has 1 saturated heterocycles. The van der Waals surface area contributed by atoms with Crippen molar-refractivity contribution in [1.29, 1.82) is 0 Å². The molecule has 2 N–H and O–H groups in total. The smallest absolute Gasteiger partial charge is 0.136 e. The summed E-state index contributed by atoms with van der Waals surface area (Å²) in [6.45, 7) is 3.64. The van der Waals surface area contributed by atoms with Gasteiger partial charge in [0.1, 0.15) is 5.82 Å². The van der Waals surface area contributed by atoms with Gasteiger partial charge in [-0.2, -0.15) is 0 Å². The van der Waals surface area contributed by atoms with Crippen LogP contribution in [0.25, 0.3) is 10.8 Å². The Labute approximate surface area is 125 Å². The van der Waals surface area contributed by atoms with Crippen molar-refractivity contribution in [3.8, 4) is 0 Å². The monoisotopic (exact) mass is 286 g/mol. The van der Waals surface area contributed by atoms with E-state index in [1.807, 2.05) is 25.1 Å². The Bertz CT molecular complexity index is 619. The summed E-state index contributed by atoms with van der Waals surface area (Å²) in [6.07, 6.45) is 1.73. The maximum atomic E-state index is 9.72. The minimum absolute atomic E-state index is 0.0397. The van der Waals surface area contributed by atoms with Crippen LogP contribution in [0.3, 0.4) is 0 Å². The molecule has 0 amide bonds. The highest BCUT2D eigenvalue weighted by molar-refractivity contribution is 5.92. The Morgan fingerprint density at radius 2 is 2.00 bits per heavy atom. The molecule has 4 nitrogen and oxygen atoms in total. The number of pyridine rings is 1. The van der Waals surface area contributed by atoms with E-state index in [0.29, 0.717) is 11.6 Å². The predicted molar refractivity (Wildman–Crippen MR) is 84.3 cm³/mol. The van der Waals surface area contributed by atoms with Gasteiger partial charge in [-0.15, -0.1) is 0 Å². The third-order valence-corrected chi connectivity index (χ3v) is 4.46. The van der Waals surface area contributed by atoms with Crippen LogP contribution in [0.2, 0.25) is 0 Å². The number of aliphatic hydroxyl groups is 2. The molecule has 4 heteroatoms. The van der Waals surface area contributed by atoms with E-state index in [4.69, 9.17) is 0 Å². The molecule has 2 aromatic rings. The van der Waals surface area contributed by atoms with Crippen molar-refractivity contribution >= 4 is 16.6 Å². The molecule has 21 heavy (non-hydrogen) atoms. The summed E-state index contributed by atoms with van der Waals surface area (Å²) in [6, 6.07) is 10.1. The number of hydrogen-bond acceptors (Lipinski definition) is 4. The Morgan fingerprint density at radius 3 is 2.67 bits per heavy atom. The quantitative estimate of drug-likeness (QED) is 0.909. The van der Waals surface area contributed by atoms with E-state index >= 15 is 0 Å². The van der Waals surface area contributed by atoms with E-state index in [1.165, 1.54) is 0 Å². The molecule has 0 saturated carbocycles. The Balaban J connectivity index is 1.93. The molecule has 0 radical (unpaired) electrons. The number of aromatic nitrogens is 1. The average Bonchev–Trinajstić information content (AvgIpc) is 2.53. The Kier molecular flexibility index (Phi) is 4.08. The summed E-state index contributed by atoms with van der Waals surface area (Å²) in [7, 11) is 0. The van der Waals surface area contributed by atoms with Crippen molar-refractivity contribution in [2.24, 2.45) is 5.92 Å². The average molecular weight is 286 g/mol. The van der Waals surface area contributed by atoms with Gasteiger partial charge in [0.15, 0.2) is 0 Å². The highest BCUT2D eigenvalue weighted by atomic mass is 16.3. The SMILES string of the molecule is CC(O)C1CCN(c2nc(CO)cc3ccccc23)CC1. The van der Waals surface area contributed by atoms with Crippen LogP contribution in [-0.4, -0.2) is 34.4 Å². The molecule has 0 bridgehead atoms. The first-order valence-electron chi connectivity index (χ1n) is 7.61. The Morgan fingerprint density at radius 1 is 1.29 bits per heavy atom. The zero-order valence-corrected chi connectivity index (χ0v) is 12.4. The van der Waals surface area contributed by atoms with Gasteiger partial charge >= 0.3 is 0 Å². The van der Waals surface area contributed by atoms with Crippen LogP contribution >= 0.6 is 0 Å². The fraction of sp³-hybridized carbons (Fsp3) is 0.471. The molecule has 1 aliphatic rings. The van der Waals surface area contributed by atoms with E-state index in [9.17, 15) is 10.2 Å². The highest BCUT2D eigenvalue weighted by Crippen LogP contribution is 2.30. The fourth-order valence-electron chi connectivity index (χ4n) is 3.15. The van der Waals surface area contributed by atoms with Crippen LogP contribution in [-0.2, 0) is 6.61 Å². The van der Waals surface area contributed by atoms with Crippen molar-refractivity contribution in [2.45, 2.75) is 32.5 Å². The molecule has 0 spiro atoms. The number of anilines is 1. The summed E-state index contributed by atoms with van der Waals surface area (Å²) in [5.41, 5.74) is 0.710. The maximum Gasteiger partial charge on any atom is 0.136 e. The lowest BCUT2D eigenvalue weighted by Crippen LogP contribution is -2.37. The first-order valence-corrected chi connectivity index (χ1v) is 7.61. The van der Waals surface area contributed by atoms with Gasteiger partial charge in [0.25, 0.3) is 0 Å². The van der Waals surface area contributed by atoms with Gasteiger partial charge in [-0.1, -0.05) is 24.3 Å². The molecular weight excluding hydrogens is 264 g/mol. The third-order valence-electron chi connectivity index (χ3n) is 4.46. The van der Waals surface area contributed by atoms with Gasteiger partial charge in [-0.25, -0.2) is 4.98 Å². The number of piperidine rings is 1. The van der Waals surface area contributed by atoms with Crippen molar-refractivity contribution in [1.82, 2.24) is 4.98 Å². The maximum absolute atomic E-state index is 9.72. The molecule has 1 aromatic heterocycles. The Hall–Kier alpha value is -1.65. The van der Waals surface area contributed by atoms with Crippen LogP contribution in [0.5, 0.6) is 0 Å². The molecule has 3 rings (SSSR count). The molecule has 2 heterocycles. The molecule has 112 valence electrons. The van der Waals surface area contributed by atoms with E-state index in [0.717, 1.165) is 42.5 Å². The number of aliphatic hydroxyl groups excluding tert-OH is 2. The summed E-state index contributed by atoms with van der Waals surface area (Å²) >= 11 is 0. The molecular formula is C17H22N2O2. The lowest BCUT2D eigenvalue weighted by atomic mass is 9.92. The van der Waals surface area contributed by atoms with Crippen molar-refractivity contribution in [2.75, 3.05) is 18.0 Å². The second-order valence-electron chi connectivity index (χ2n) is 5.88. The highest BCUT2D eigenvalue weighted by Gasteiger charge is 2.24. The standard InChI is InChI=1S/C17H22N2O2/c1-12(21)13-6-8-19(9-7-13)17-16-5-3-2-4-14(16)10-15(11-20)18-17/h2-5,10,12-13,20-21H,6-9,11H2,1H3. The van der Waals surface area contributed by atoms with Crippen LogP contribution < -0.4 is 4.90 Å². The van der Waals surface area contributed by atoms with Crippen LogP contribution in [0.4, 0.5) is 5.82 Å². The zero-order chi connectivity index (χ0) is 14.8. The van der Waals surface area contributed by atoms with Gasteiger partial charge in [0.05, 0.1) is 18.4 Å². The number of hydrogen-bond donors (Lipinski definition) is 2. The normalized spacial score (nSPS) is 18.1. The molecule has 1 unspecified atom stereocenters. The lowest BCUT2D eigenvalue weighted by Gasteiger charge is -2.34. The molecule has 1 aromatic carbocycles. The number of nitrogens with zero attached hydrogens (tertiary/aromatic N) is 2. The van der Waals surface area contributed by atoms with Gasteiger partial charge in [-0.3, -0.25) is 0 Å². The minimum atomic E-state index is -0.236. The zero-order valence-electron chi connectivity index (χ0n) is 12.4. The second kappa shape index (κ2) is 6.00. The predicted octanol–water partition coefficient (Wildman–Crippen LogP) is 2.32. The largest absolute Gasteiger partial charge is 0.393 e. The number of fused-ring (bicyclic) bond motifs is 1. The van der Waals surface area contributed by atoms with Crippen LogP contribution in [0.1, 0.15) is 25.5 Å². The van der Waals surface area contributed by atoms with Crippen LogP contribution in [0.15, 0.2) is 30.3 Å². The number of benzene rings is 1. The first-order chi connectivity index (χ1) is 10.2.